The summed E-state index contributed by atoms with van der Waals surface area (Å²) in [7, 11) is 0. The van der Waals surface area contributed by atoms with E-state index >= 15 is 0 Å². The summed E-state index contributed by atoms with van der Waals surface area (Å²) in [6, 6.07) is 3.21. The first-order valence-electron chi connectivity index (χ1n) is 6.99. The summed E-state index contributed by atoms with van der Waals surface area (Å²) < 4.78 is 0.894. The monoisotopic (exact) mass is 409 g/mol. The average molecular weight is 411 g/mol. The molecular formula is C14H21BrClN3O2S. The van der Waals surface area contributed by atoms with Crippen molar-refractivity contribution in [3.05, 3.63) is 20.8 Å². The molecule has 3 unspecified atom stereocenters. The van der Waals surface area contributed by atoms with Crippen molar-refractivity contribution >= 4 is 51.5 Å². The van der Waals surface area contributed by atoms with Gasteiger partial charge in [0.1, 0.15) is 6.04 Å². The number of rotatable bonds is 4. The third-order valence-corrected chi connectivity index (χ3v) is 5.42. The van der Waals surface area contributed by atoms with E-state index in [1.54, 1.807) is 13.0 Å². The van der Waals surface area contributed by atoms with Gasteiger partial charge in [-0.05, 0) is 60.8 Å². The molecule has 1 aromatic rings. The van der Waals surface area contributed by atoms with Crippen LogP contribution in [0.15, 0.2) is 15.9 Å². The molecule has 0 bridgehead atoms. The zero-order valence-corrected chi connectivity index (χ0v) is 15.8. The van der Waals surface area contributed by atoms with Crippen molar-refractivity contribution < 1.29 is 9.59 Å². The molecule has 3 atom stereocenters. The number of hydrogen-bond acceptors (Lipinski definition) is 4. The maximum Gasteiger partial charge on any atom is 0.262 e. The molecule has 1 aromatic heterocycles. The Morgan fingerprint density at radius 3 is 2.73 bits per heavy atom. The molecule has 2 rings (SSSR count). The fraction of sp³-hybridized carbons (Fsp3) is 0.571. The van der Waals surface area contributed by atoms with E-state index in [2.05, 4.69) is 21.2 Å². The number of nitrogens with zero attached hydrogens (tertiary/aromatic N) is 1. The van der Waals surface area contributed by atoms with Crippen molar-refractivity contribution in [2.24, 2.45) is 11.7 Å². The fourth-order valence-electron chi connectivity index (χ4n) is 2.63. The number of likely N-dealkylation sites (tertiary alicyclic amines) is 1. The van der Waals surface area contributed by atoms with Crippen molar-refractivity contribution in [1.82, 2.24) is 10.2 Å². The van der Waals surface area contributed by atoms with E-state index in [0.717, 1.165) is 10.2 Å². The number of halogens is 2. The van der Waals surface area contributed by atoms with E-state index in [0.29, 0.717) is 23.9 Å². The lowest BCUT2D eigenvalue weighted by atomic mass is 10.1. The van der Waals surface area contributed by atoms with Gasteiger partial charge in [0.2, 0.25) is 5.91 Å². The molecule has 1 aliphatic rings. The maximum absolute atomic E-state index is 12.5. The molecule has 0 saturated carbocycles. The number of thiophene rings is 1. The Balaban J connectivity index is 0.00000242. The molecule has 0 aromatic carbocycles. The van der Waals surface area contributed by atoms with Gasteiger partial charge in [-0.1, -0.05) is 0 Å². The van der Waals surface area contributed by atoms with Crippen molar-refractivity contribution in [2.75, 3.05) is 13.1 Å². The summed E-state index contributed by atoms with van der Waals surface area (Å²) in [5.74, 6) is 0.108. The Hall–Kier alpha value is -0.630. The summed E-state index contributed by atoms with van der Waals surface area (Å²) in [6.45, 7) is 5.03. The molecule has 22 heavy (non-hydrogen) atoms. The quantitative estimate of drug-likeness (QED) is 0.799. The number of nitrogens with two attached hydrogens (primary N) is 1. The number of hydrogen-bond donors (Lipinski definition) is 2. The first kappa shape index (κ1) is 19.4. The summed E-state index contributed by atoms with van der Waals surface area (Å²) in [6.07, 6.45) is 0.931. The minimum absolute atomic E-state index is 0. The number of carbonyl (C=O) groups excluding carboxylic acids is 2. The molecule has 1 saturated heterocycles. The van der Waals surface area contributed by atoms with E-state index in [9.17, 15) is 9.59 Å². The lowest BCUT2D eigenvalue weighted by Gasteiger charge is -2.25. The molecule has 2 heterocycles. The van der Waals surface area contributed by atoms with Crippen LogP contribution in [-0.2, 0) is 4.79 Å². The van der Waals surface area contributed by atoms with Crippen LogP contribution in [-0.4, -0.2) is 41.9 Å². The van der Waals surface area contributed by atoms with Crippen LogP contribution < -0.4 is 11.1 Å². The van der Waals surface area contributed by atoms with Crippen LogP contribution in [0.3, 0.4) is 0 Å². The Kier molecular flexibility index (Phi) is 7.31. The van der Waals surface area contributed by atoms with Gasteiger partial charge in [0.15, 0.2) is 0 Å². The zero-order chi connectivity index (χ0) is 15.6. The van der Waals surface area contributed by atoms with Crippen LogP contribution in [0.5, 0.6) is 0 Å². The van der Waals surface area contributed by atoms with Gasteiger partial charge in [-0.2, -0.15) is 0 Å². The highest BCUT2D eigenvalue weighted by Gasteiger charge is 2.34. The second-order valence-electron chi connectivity index (χ2n) is 5.48. The van der Waals surface area contributed by atoms with Gasteiger partial charge in [0.25, 0.3) is 5.91 Å². The van der Waals surface area contributed by atoms with Crippen LogP contribution >= 0.6 is 39.7 Å². The van der Waals surface area contributed by atoms with Crippen molar-refractivity contribution in [3.8, 4) is 0 Å². The van der Waals surface area contributed by atoms with Crippen LogP contribution in [0, 0.1) is 5.92 Å². The van der Waals surface area contributed by atoms with Gasteiger partial charge in [0, 0.05) is 12.6 Å². The van der Waals surface area contributed by atoms with E-state index in [4.69, 9.17) is 5.73 Å². The van der Waals surface area contributed by atoms with E-state index in [-0.39, 0.29) is 30.3 Å². The zero-order valence-electron chi connectivity index (χ0n) is 12.5. The molecule has 1 aliphatic heterocycles. The van der Waals surface area contributed by atoms with Crippen LogP contribution in [0.25, 0.3) is 0 Å². The number of nitrogens with one attached hydrogen (secondary N) is 1. The normalized spacial score (nSPS) is 22.1. The van der Waals surface area contributed by atoms with E-state index < -0.39 is 6.04 Å². The van der Waals surface area contributed by atoms with Crippen molar-refractivity contribution in [1.29, 1.82) is 0 Å². The highest BCUT2D eigenvalue weighted by atomic mass is 79.9. The third kappa shape index (κ3) is 4.44. The SMILES string of the molecule is CC(NC(=O)c1ccc(Br)s1)C(=O)N1CC(CN)CC1C.Cl. The first-order valence-corrected chi connectivity index (χ1v) is 8.60. The Labute approximate surface area is 149 Å². The summed E-state index contributed by atoms with van der Waals surface area (Å²) in [4.78, 5) is 27.0. The van der Waals surface area contributed by atoms with Crippen molar-refractivity contribution in [2.45, 2.75) is 32.4 Å². The van der Waals surface area contributed by atoms with Gasteiger partial charge in [-0.25, -0.2) is 0 Å². The molecule has 3 N–H and O–H groups in total. The summed E-state index contributed by atoms with van der Waals surface area (Å²) >= 11 is 4.67. The Morgan fingerprint density at radius 1 is 1.55 bits per heavy atom. The summed E-state index contributed by atoms with van der Waals surface area (Å²) in [5, 5.41) is 2.77. The van der Waals surface area contributed by atoms with Crippen LogP contribution in [0.4, 0.5) is 0 Å². The fourth-order valence-corrected chi connectivity index (χ4v) is 3.92. The Morgan fingerprint density at radius 2 is 2.23 bits per heavy atom. The predicted molar refractivity (Wildman–Crippen MR) is 94.5 cm³/mol. The smallest absolute Gasteiger partial charge is 0.262 e. The van der Waals surface area contributed by atoms with Crippen molar-refractivity contribution in [3.63, 3.8) is 0 Å². The Bertz CT molecular complexity index is 540. The third-order valence-electron chi connectivity index (χ3n) is 3.79. The lowest BCUT2D eigenvalue weighted by molar-refractivity contribution is -0.133. The van der Waals surface area contributed by atoms with Crippen LogP contribution in [0.2, 0.25) is 0 Å². The molecule has 5 nitrogen and oxygen atoms in total. The van der Waals surface area contributed by atoms with Gasteiger partial charge >= 0.3 is 0 Å². The second kappa shape index (κ2) is 8.29. The average Bonchev–Trinajstić information content (AvgIpc) is 3.03. The molecule has 0 spiro atoms. The number of amides is 2. The van der Waals surface area contributed by atoms with Gasteiger partial charge in [-0.3, -0.25) is 9.59 Å². The van der Waals surface area contributed by atoms with Gasteiger partial charge < -0.3 is 16.0 Å². The first-order chi connectivity index (χ1) is 9.92. The second-order valence-corrected chi connectivity index (χ2v) is 7.94. The topological polar surface area (TPSA) is 75.4 Å². The molecule has 0 aliphatic carbocycles. The molecule has 2 amide bonds. The number of carbonyl (C=O) groups is 2. The molecule has 0 radical (unpaired) electrons. The molecular weight excluding hydrogens is 390 g/mol. The molecule has 8 heteroatoms. The van der Waals surface area contributed by atoms with Gasteiger partial charge in [-0.15, -0.1) is 23.7 Å². The van der Waals surface area contributed by atoms with E-state index in [1.165, 1.54) is 11.3 Å². The highest BCUT2D eigenvalue weighted by molar-refractivity contribution is 9.11. The standard InChI is InChI=1S/C14H20BrN3O2S.ClH/c1-8-5-10(6-16)7-18(8)14(20)9(2)17-13(19)11-3-4-12(15)21-11;/h3-4,8-10H,5-7,16H2,1-2H3,(H,17,19);1H. The lowest BCUT2D eigenvalue weighted by Crippen LogP contribution is -2.48. The minimum Gasteiger partial charge on any atom is -0.340 e. The predicted octanol–water partition coefficient (Wildman–Crippen LogP) is 2.25. The maximum atomic E-state index is 12.5. The highest BCUT2D eigenvalue weighted by Crippen LogP contribution is 2.24. The van der Waals surface area contributed by atoms with E-state index in [1.807, 2.05) is 17.9 Å². The molecule has 124 valence electrons. The minimum atomic E-state index is -0.530. The molecule has 1 fully saturated rings. The largest absolute Gasteiger partial charge is 0.340 e. The van der Waals surface area contributed by atoms with Gasteiger partial charge in [0.05, 0.1) is 8.66 Å². The summed E-state index contributed by atoms with van der Waals surface area (Å²) in [5.41, 5.74) is 5.68. The van der Waals surface area contributed by atoms with Crippen LogP contribution in [0.1, 0.15) is 29.9 Å².